The van der Waals surface area contributed by atoms with Gasteiger partial charge in [0, 0.05) is 25.5 Å². The number of fused-ring (bicyclic) bond motifs is 1. The zero-order valence-electron chi connectivity index (χ0n) is 8.09. The summed E-state index contributed by atoms with van der Waals surface area (Å²) in [6.45, 7) is 1.98. The number of anilines is 1. The topological polar surface area (TPSA) is 57.2 Å². The fraction of sp³-hybridized carbons (Fsp3) is 0.300. The Kier molecular flexibility index (Phi) is 1.62. The molecule has 1 aliphatic heterocycles. The summed E-state index contributed by atoms with van der Waals surface area (Å²) in [5.41, 5.74) is 1.41. The number of hydrogen-bond acceptors (Lipinski definition) is 4. The zero-order valence-corrected chi connectivity index (χ0v) is 8.09. The minimum atomic E-state index is 0.628. The van der Waals surface area contributed by atoms with Gasteiger partial charge >= 0.3 is 0 Å². The van der Waals surface area contributed by atoms with Crippen LogP contribution in [0.4, 0.5) is 5.82 Å². The summed E-state index contributed by atoms with van der Waals surface area (Å²) < 4.78 is 1.71. The molecule has 0 atom stereocenters. The van der Waals surface area contributed by atoms with Crippen molar-refractivity contribution in [2.45, 2.75) is 6.42 Å². The lowest BCUT2D eigenvalue weighted by atomic mass is 10.2. The lowest BCUT2D eigenvalue weighted by Gasteiger charge is -2.30. The van der Waals surface area contributed by atoms with Crippen molar-refractivity contribution >= 4 is 11.3 Å². The van der Waals surface area contributed by atoms with Crippen molar-refractivity contribution in [3.63, 3.8) is 0 Å². The van der Waals surface area contributed by atoms with E-state index >= 15 is 0 Å². The average molecular weight is 199 g/mol. The lowest BCUT2D eigenvalue weighted by Crippen LogP contribution is -2.37. The lowest BCUT2D eigenvalue weighted by molar-refractivity contribution is 0.606. The van der Waals surface area contributed by atoms with Crippen LogP contribution in [0, 0.1) is 11.3 Å². The van der Waals surface area contributed by atoms with Crippen LogP contribution in [0.25, 0.3) is 5.52 Å². The predicted octanol–water partition coefficient (Wildman–Crippen LogP) is 0.811. The Hall–Kier alpha value is -2.09. The second-order valence-electron chi connectivity index (χ2n) is 3.56. The molecule has 0 radical (unpaired) electrons. The van der Waals surface area contributed by atoms with E-state index in [-0.39, 0.29) is 0 Å². The number of nitriles is 1. The molecule has 0 bridgehead atoms. The van der Waals surface area contributed by atoms with E-state index in [0.29, 0.717) is 5.56 Å². The summed E-state index contributed by atoms with van der Waals surface area (Å²) in [7, 11) is 0. The van der Waals surface area contributed by atoms with Gasteiger partial charge in [0.1, 0.15) is 17.1 Å². The Morgan fingerprint density at radius 2 is 2.27 bits per heavy atom. The summed E-state index contributed by atoms with van der Waals surface area (Å²) in [6.07, 6.45) is 6.28. The molecule has 0 saturated carbocycles. The maximum atomic E-state index is 9.12. The summed E-state index contributed by atoms with van der Waals surface area (Å²) in [5.74, 6) is 0.789. The Labute approximate surface area is 86.6 Å². The van der Waals surface area contributed by atoms with Gasteiger partial charge in [0.25, 0.3) is 0 Å². The third-order valence-corrected chi connectivity index (χ3v) is 2.69. The van der Waals surface area contributed by atoms with Gasteiger partial charge in [-0.3, -0.25) is 4.98 Å². The molecule has 2 aromatic rings. The summed E-state index contributed by atoms with van der Waals surface area (Å²) in [6, 6.07) is 2.20. The molecule has 3 rings (SSSR count). The van der Waals surface area contributed by atoms with Gasteiger partial charge in [-0.2, -0.15) is 5.26 Å². The highest BCUT2D eigenvalue weighted by molar-refractivity contribution is 5.71. The fourth-order valence-electron chi connectivity index (χ4n) is 1.74. The van der Waals surface area contributed by atoms with Gasteiger partial charge in [-0.1, -0.05) is 0 Å². The Balaban J connectivity index is 2.25. The molecule has 0 N–H and O–H groups in total. The van der Waals surface area contributed by atoms with E-state index in [1.165, 1.54) is 6.42 Å². The molecule has 0 aliphatic carbocycles. The summed E-state index contributed by atoms with van der Waals surface area (Å²) >= 11 is 0. The maximum Gasteiger partial charge on any atom is 0.169 e. The molecule has 3 heterocycles. The fourth-order valence-corrected chi connectivity index (χ4v) is 1.74. The first kappa shape index (κ1) is 8.24. The first-order valence-corrected chi connectivity index (χ1v) is 4.87. The molecule has 1 fully saturated rings. The quantitative estimate of drug-likeness (QED) is 0.682. The van der Waals surface area contributed by atoms with Crippen LogP contribution < -0.4 is 4.90 Å². The van der Waals surface area contributed by atoms with Gasteiger partial charge in [-0.05, 0) is 6.42 Å². The van der Waals surface area contributed by atoms with Crippen LogP contribution in [0.2, 0.25) is 0 Å². The van der Waals surface area contributed by atoms with E-state index < -0.39 is 0 Å². The van der Waals surface area contributed by atoms with E-state index in [4.69, 9.17) is 5.26 Å². The minimum absolute atomic E-state index is 0.628. The highest BCUT2D eigenvalue weighted by atomic mass is 15.3. The third kappa shape index (κ3) is 1.08. The SMILES string of the molecule is N#Cc1c(N2CCC2)nn2ccncc12. The van der Waals surface area contributed by atoms with Crippen molar-refractivity contribution in [2.24, 2.45) is 0 Å². The Morgan fingerprint density at radius 1 is 1.40 bits per heavy atom. The minimum Gasteiger partial charge on any atom is -0.354 e. The molecule has 5 nitrogen and oxygen atoms in total. The smallest absolute Gasteiger partial charge is 0.169 e. The van der Waals surface area contributed by atoms with E-state index in [2.05, 4.69) is 21.1 Å². The van der Waals surface area contributed by atoms with Crippen molar-refractivity contribution in [3.05, 3.63) is 24.2 Å². The molecule has 1 saturated heterocycles. The third-order valence-electron chi connectivity index (χ3n) is 2.69. The molecule has 0 amide bonds. The van der Waals surface area contributed by atoms with Gasteiger partial charge < -0.3 is 4.90 Å². The Bertz CT molecular complexity index is 546. The maximum absolute atomic E-state index is 9.12. The van der Waals surface area contributed by atoms with Crippen LogP contribution in [0.1, 0.15) is 12.0 Å². The Morgan fingerprint density at radius 3 is 2.93 bits per heavy atom. The van der Waals surface area contributed by atoms with Crippen LogP contribution in [0.15, 0.2) is 18.6 Å². The standard InChI is InChI=1S/C10H9N5/c11-6-8-9-7-12-2-5-15(9)13-10(8)14-3-1-4-14/h2,5,7H,1,3-4H2. The molecular formula is C10H9N5. The second-order valence-corrected chi connectivity index (χ2v) is 3.56. The van der Waals surface area contributed by atoms with Gasteiger partial charge in [0.05, 0.1) is 6.20 Å². The molecule has 0 spiro atoms. The predicted molar refractivity (Wildman–Crippen MR) is 54.5 cm³/mol. The van der Waals surface area contributed by atoms with E-state index in [1.807, 2.05) is 0 Å². The average Bonchev–Trinajstić information content (AvgIpc) is 2.53. The monoisotopic (exact) mass is 199 g/mol. The summed E-state index contributed by atoms with van der Waals surface area (Å²) in [5, 5.41) is 13.5. The number of nitrogens with zero attached hydrogens (tertiary/aromatic N) is 5. The van der Waals surface area contributed by atoms with Crippen LogP contribution in [0.5, 0.6) is 0 Å². The first-order chi connectivity index (χ1) is 7.40. The number of rotatable bonds is 1. The summed E-state index contributed by atoms with van der Waals surface area (Å²) in [4.78, 5) is 6.12. The molecule has 15 heavy (non-hydrogen) atoms. The molecule has 0 aromatic carbocycles. The van der Waals surface area contributed by atoms with Crippen LogP contribution in [-0.2, 0) is 0 Å². The van der Waals surface area contributed by atoms with Gasteiger partial charge in [0.15, 0.2) is 5.82 Å². The van der Waals surface area contributed by atoms with Crippen molar-refractivity contribution in [2.75, 3.05) is 18.0 Å². The van der Waals surface area contributed by atoms with E-state index in [1.54, 1.807) is 23.1 Å². The highest BCUT2D eigenvalue weighted by Crippen LogP contribution is 2.25. The number of hydrogen-bond donors (Lipinski definition) is 0. The molecule has 1 aliphatic rings. The molecule has 74 valence electrons. The molecule has 0 unspecified atom stereocenters. The van der Waals surface area contributed by atoms with E-state index in [0.717, 1.165) is 24.4 Å². The largest absolute Gasteiger partial charge is 0.354 e. The van der Waals surface area contributed by atoms with Crippen LogP contribution >= 0.6 is 0 Å². The van der Waals surface area contributed by atoms with Gasteiger partial charge in [0.2, 0.25) is 0 Å². The normalized spacial score (nSPS) is 15.0. The zero-order chi connectivity index (χ0) is 10.3. The van der Waals surface area contributed by atoms with Gasteiger partial charge in [-0.25, -0.2) is 4.52 Å². The van der Waals surface area contributed by atoms with Crippen molar-refractivity contribution in [1.29, 1.82) is 5.26 Å². The van der Waals surface area contributed by atoms with Crippen molar-refractivity contribution in [3.8, 4) is 6.07 Å². The van der Waals surface area contributed by atoms with E-state index in [9.17, 15) is 0 Å². The van der Waals surface area contributed by atoms with Crippen molar-refractivity contribution in [1.82, 2.24) is 14.6 Å². The second kappa shape index (κ2) is 2.95. The van der Waals surface area contributed by atoms with Crippen LogP contribution in [-0.4, -0.2) is 27.7 Å². The highest BCUT2D eigenvalue weighted by Gasteiger charge is 2.22. The van der Waals surface area contributed by atoms with Gasteiger partial charge in [-0.15, -0.1) is 5.10 Å². The molecular weight excluding hydrogens is 190 g/mol. The van der Waals surface area contributed by atoms with Crippen molar-refractivity contribution < 1.29 is 0 Å². The molecule has 2 aromatic heterocycles. The molecule has 5 heteroatoms. The van der Waals surface area contributed by atoms with Crippen LogP contribution in [0.3, 0.4) is 0 Å². The first-order valence-electron chi connectivity index (χ1n) is 4.87. The number of aromatic nitrogens is 3.